The molecule has 0 aliphatic rings. The van der Waals surface area contributed by atoms with E-state index in [0.29, 0.717) is 39.3 Å². The van der Waals surface area contributed by atoms with Gasteiger partial charge in [0.15, 0.2) is 6.29 Å². The fourth-order valence-corrected chi connectivity index (χ4v) is 2.46. The van der Waals surface area contributed by atoms with Crippen molar-refractivity contribution in [3.8, 4) is 16.9 Å². The number of rotatable bonds is 4. The van der Waals surface area contributed by atoms with Crippen molar-refractivity contribution in [2.24, 2.45) is 0 Å². The first-order valence-corrected chi connectivity index (χ1v) is 7.07. The lowest BCUT2D eigenvalue weighted by atomic mass is 10.0. The van der Waals surface area contributed by atoms with Gasteiger partial charge in [-0.1, -0.05) is 40.9 Å². The highest BCUT2D eigenvalue weighted by atomic mass is 35.5. The van der Waals surface area contributed by atoms with Crippen LogP contribution in [0.25, 0.3) is 11.1 Å². The van der Waals surface area contributed by atoms with Gasteiger partial charge in [-0.2, -0.15) is 0 Å². The Kier molecular flexibility index (Phi) is 4.92. The minimum absolute atomic E-state index is 0.400. The molecule has 0 fully saturated rings. The minimum atomic E-state index is 0.400. The maximum atomic E-state index is 10.9. The molecule has 0 aliphatic heterocycles. The lowest BCUT2D eigenvalue weighted by Gasteiger charge is -2.11. The van der Waals surface area contributed by atoms with E-state index < -0.39 is 0 Å². The van der Waals surface area contributed by atoms with E-state index in [1.807, 2.05) is 6.92 Å². The third-order valence-corrected chi connectivity index (χ3v) is 3.71. The van der Waals surface area contributed by atoms with Gasteiger partial charge in [-0.15, -0.1) is 0 Å². The molecule has 0 unspecified atom stereocenters. The Morgan fingerprint density at radius 3 is 2.45 bits per heavy atom. The van der Waals surface area contributed by atoms with Gasteiger partial charge in [0.1, 0.15) is 5.75 Å². The Labute approximate surface area is 132 Å². The molecule has 2 aromatic carbocycles. The topological polar surface area (TPSA) is 26.3 Å². The van der Waals surface area contributed by atoms with Crippen LogP contribution in [-0.2, 0) is 0 Å². The maximum absolute atomic E-state index is 10.9. The van der Waals surface area contributed by atoms with Crippen molar-refractivity contribution in [2.45, 2.75) is 6.92 Å². The van der Waals surface area contributed by atoms with Gasteiger partial charge in [-0.05, 0) is 30.7 Å². The highest BCUT2D eigenvalue weighted by molar-refractivity contribution is 6.36. The summed E-state index contributed by atoms with van der Waals surface area (Å²) in [5, 5.41) is 1.36. The highest BCUT2D eigenvalue weighted by Crippen LogP contribution is 2.37. The summed E-state index contributed by atoms with van der Waals surface area (Å²) in [5.74, 6) is 0.535. The molecular formula is C15H11Cl3O2. The van der Waals surface area contributed by atoms with Crippen LogP contribution in [0.15, 0.2) is 30.3 Å². The molecule has 0 N–H and O–H groups in total. The van der Waals surface area contributed by atoms with Gasteiger partial charge < -0.3 is 4.74 Å². The zero-order chi connectivity index (χ0) is 14.7. The predicted molar refractivity (Wildman–Crippen MR) is 83.5 cm³/mol. The summed E-state index contributed by atoms with van der Waals surface area (Å²) in [6.07, 6.45) is 0.704. The Bertz CT molecular complexity index is 654. The number of ether oxygens (including phenoxy) is 1. The first kappa shape index (κ1) is 15.2. The smallest absolute Gasteiger partial charge is 0.151 e. The number of benzene rings is 2. The van der Waals surface area contributed by atoms with Gasteiger partial charge in [-0.25, -0.2) is 0 Å². The van der Waals surface area contributed by atoms with E-state index >= 15 is 0 Å². The lowest BCUT2D eigenvalue weighted by molar-refractivity contribution is 0.112. The molecular weight excluding hydrogens is 319 g/mol. The van der Waals surface area contributed by atoms with Crippen LogP contribution in [0.5, 0.6) is 5.75 Å². The van der Waals surface area contributed by atoms with E-state index in [2.05, 4.69) is 0 Å². The van der Waals surface area contributed by atoms with E-state index in [1.54, 1.807) is 30.3 Å². The summed E-state index contributed by atoms with van der Waals surface area (Å²) in [6, 6.07) is 8.49. The second kappa shape index (κ2) is 6.49. The molecule has 5 heteroatoms. The van der Waals surface area contributed by atoms with Crippen LogP contribution < -0.4 is 4.74 Å². The molecule has 0 radical (unpaired) electrons. The van der Waals surface area contributed by atoms with E-state index in [0.717, 1.165) is 11.1 Å². The average molecular weight is 330 g/mol. The minimum Gasteiger partial charge on any atom is -0.492 e. The van der Waals surface area contributed by atoms with Gasteiger partial charge in [-0.3, -0.25) is 4.79 Å². The molecule has 20 heavy (non-hydrogen) atoms. The normalized spacial score (nSPS) is 10.4. The molecule has 0 aromatic heterocycles. The van der Waals surface area contributed by atoms with Crippen molar-refractivity contribution in [1.82, 2.24) is 0 Å². The molecule has 0 saturated heterocycles. The van der Waals surface area contributed by atoms with Crippen LogP contribution in [0, 0.1) is 0 Å². The van der Waals surface area contributed by atoms with Crippen LogP contribution in [0.4, 0.5) is 0 Å². The van der Waals surface area contributed by atoms with Crippen LogP contribution in [0.3, 0.4) is 0 Å². The van der Waals surface area contributed by atoms with Crippen molar-refractivity contribution in [2.75, 3.05) is 6.61 Å². The molecule has 0 atom stereocenters. The Balaban J connectivity index is 2.53. The summed E-state index contributed by atoms with van der Waals surface area (Å²) >= 11 is 18.3. The fraction of sp³-hybridized carbons (Fsp3) is 0.133. The number of hydrogen-bond acceptors (Lipinski definition) is 2. The second-order valence-corrected chi connectivity index (χ2v) is 5.27. The van der Waals surface area contributed by atoms with Crippen molar-refractivity contribution in [1.29, 1.82) is 0 Å². The van der Waals surface area contributed by atoms with E-state index in [4.69, 9.17) is 39.5 Å². The van der Waals surface area contributed by atoms with E-state index in [9.17, 15) is 4.79 Å². The molecule has 104 valence electrons. The lowest BCUT2D eigenvalue weighted by Crippen LogP contribution is -1.93. The Hall–Kier alpha value is -1.22. The van der Waals surface area contributed by atoms with Crippen molar-refractivity contribution in [3.05, 3.63) is 51.0 Å². The SMILES string of the molecule is CCOc1cc(Cl)c(-c2ccc(Cl)c(C=O)c2)cc1Cl. The molecule has 0 saturated carbocycles. The monoisotopic (exact) mass is 328 g/mol. The van der Waals surface area contributed by atoms with Crippen molar-refractivity contribution >= 4 is 41.1 Å². The summed E-state index contributed by atoms with van der Waals surface area (Å²) in [5.41, 5.74) is 1.90. The van der Waals surface area contributed by atoms with Gasteiger partial charge in [0, 0.05) is 17.2 Å². The number of carbonyl (C=O) groups excluding carboxylic acids is 1. The van der Waals surface area contributed by atoms with Crippen LogP contribution in [-0.4, -0.2) is 12.9 Å². The number of halogens is 3. The Morgan fingerprint density at radius 2 is 1.80 bits per heavy atom. The third kappa shape index (κ3) is 3.09. The molecule has 2 aromatic rings. The van der Waals surface area contributed by atoms with Crippen LogP contribution >= 0.6 is 34.8 Å². The zero-order valence-electron chi connectivity index (χ0n) is 10.6. The standard InChI is InChI=1S/C15H11Cl3O2/c1-2-20-15-7-13(17)11(6-14(15)18)9-3-4-12(16)10(5-9)8-19/h3-8H,2H2,1H3. The molecule has 0 aliphatic carbocycles. The number of hydrogen-bond donors (Lipinski definition) is 0. The van der Waals surface area contributed by atoms with E-state index in [1.165, 1.54) is 0 Å². The average Bonchev–Trinajstić information content (AvgIpc) is 2.43. The highest BCUT2D eigenvalue weighted by Gasteiger charge is 2.11. The van der Waals surface area contributed by atoms with E-state index in [-0.39, 0.29) is 0 Å². The van der Waals surface area contributed by atoms with Crippen LogP contribution in [0.1, 0.15) is 17.3 Å². The van der Waals surface area contributed by atoms with Gasteiger partial charge in [0.25, 0.3) is 0 Å². The molecule has 2 nitrogen and oxygen atoms in total. The second-order valence-electron chi connectivity index (χ2n) is 4.05. The van der Waals surface area contributed by atoms with Crippen molar-refractivity contribution in [3.63, 3.8) is 0 Å². The molecule has 0 spiro atoms. The predicted octanol–water partition coefficient (Wildman–Crippen LogP) is 5.53. The quantitative estimate of drug-likeness (QED) is 0.690. The number of aldehydes is 1. The van der Waals surface area contributed by atoms with Gasteiger partial charge in [0.05, 0.1) is 21.7 Å². The molecule has 2 rings (SSSR count). The third-order valence-electron chi connectivity index (χ3n) is 2.76. The molecule has 0 bridgehead atoms. The van der Waals surface area contributed by atoms with Crippen LogP contribution in [0.2, 0.25) is 15.1 Å². The first-order chi connectivity index (χ1) is 9.56. The molecule has 0 heterocycles. The van der Waals surface area contributed by atoms with Gasteiger partial charge in [0.2, 0.25) is 0 Å². The number of carbonyl (C=O) groups is 1. The fourth-order valence-electron chi connectivity index (χ4n) is 1.82. The molecule has 0 amide bonds. The maximum Gasteiger partial charge on any atom is 0.151 e. The summed E-state index contributed by atoms with van der Waals surface area (Å²) in [7, 11) is 0. The zero-order valence-corrected chi connectivity index (χ0v) is 12.9. The first-order valence-electron chi connectivity index (χ1n) is 5.93. The summed E-state index contributed by atoms with van der Waals surface area (Å²) in [4.78, 5) is 10.9. The largest absolute Gasteiger partial charge is 0.492 e. The van der Waals surface area contributed by atoms with Gasteiger partial charge >= 0.3 is 0 Å². The van der Waals surface area contributed by atoms with Crippen molar-refractivity contribution < 1.29 is 9.53 Å². The summed E-state index contributed by atoms with van der Waals surface area (Å²) in [6.45, 7) is 2.37. The Morgan fingerprint density at radius 1 is 1.05 bits per heavy atom. The summed E-state index contributed by atoms with van der Waals surface area (Å²) < 4.78 is 5.38.